The summed E-state index contributed by atoms with van der Waals surface area (Å²) in [4.78, 5) is 40.6. The van der Waals surface area contributed by atoms with Crippen LogP contribution in [0.1, 0.15) is 36.2 Å². The van der Waals surface area contributed by atoms with Gasteiger partial charge in [-0.05, 0) is 30.9 Å². The highest BCUT2D eigenvalue weighted by atomic mass is 16.2. The Balaban J connectivity index is 1.78. The first kappa shape index (κ1) is 17.5. The first-order chi connectivity index (χ1) is 11.7. The van der Waals surface area contributed by atoms with Crippen LogP contribution in [0, 0.1) is 12.8 Å². The summed E-state index contributed by atoms with van der Waals surface area (Å²) in [5, 5.41) is 2.80. The molecular weight excluding hydrogens is 320 g/mol. The molecule has 3 heterocycles. The lowest BCUT2D eigenvalue weighted by molar-refractivity contribution is 0.00753. The first-order valence-electron chi connectivity index (χ1n) is 8.76. The molecule has 1 N–H and O–H groups in total. The molecule has 25 heavy (non-hydrogen) atoms. The molecule has 1 spiro atoms. The Morgan fingerprint density at radius 3 is 2.56 bits per heavy atom. The van der Waals surface area contributed by atoms with Crippen molar-refractivity contribution in [2.24, 2.45) is 5.92 Å². The van der Waals surface area contributed by atoms with Gasteiger partial charge in [-0.25, -0.2) is 4.79 Å². The van der Waals surface area contributed by atoms with Crippen LogP contribution in [0.3, 0.4) is 0 Å². The number of hydrogen-bond acceptors (Lipinski definition) is 3. The van der Waals surface area contributed by atoms with Crippen LogP contribution in [0.4, 0.5) is 4.79 Å². The third-order valence-electron chi connectivity index (χ3n) is 5.38. The van der Waals surface area contributed by atoms with E-state index in [9.17, 15) is 14.4 Å². The minimum absolute atomic E-state index is 0.112. The molecule has 0 bridgehead atoms. The van der Waals surface area contributed by atoms with Crippen LogP contribution in [0.5, 0.6) is 0 Å². The Hall–Kier alpha value is -2.31. The van der Waals surface area contributed by atoms with E-state index in [0.717, 1.165) is 6.42 Å². The topological polar surface area (TPSA) is 74.6 Å². The van der Waals surface area contributed by atoms with Crippen molar-refractivity contribution < 1.29 is 9.59 Å². The van der Waals surface area contributed by atoms with Crippen LogP contribution in [-0.4, -0.2) is 58.5 Å². The summed E-state index contributed by atoms with van der Waals surface area (Å²) in [5.74, 6) is 0.255. The van der Waals surface area contributed by atoms with Gasteiger partial charge in [-0.3, -0.25) is 9.59 Å². The molecule has 0 saturated carbocycles. The smallest absolute Gasteiger partial charge is 0.317 e. The molecule has 0 aromatic carbocycles. The standard InChI is InChI=1S/C18H26N4O3/c1-12(2)5-7-21-8-6-13(3)14(15(21)23)16(24)22-10-18(11-22)9-19-17(25)20(18)4/h6,8,12H,5,7,9-11H2,1-4H3,(H,19,25). The number of rotatable bonds is 4. The Morgan fingerprint density at radius 1 is 1.32 bits per heavy atom. The second-order valence-electron chi connectivity index (χ2n) is 7.66. The van der Waals surface area contributed by atoms with E-state index in [1.807, 2.05) is 6.07 Å². The molecule has 1 aromatic rings. The van der Waals surface area contributed by atoms with Crippen molar-refractivity contribution in [3.8, 4) is 0 Å². The Bertz CT molecular complexity index is 762. The molecule has 7 nitrogen and oxygen atoms in total. The highest BCUT2D eigenvalue weighted by Crippen LogP contribution is 2.31. The van der Waals surface area contributed by atoms with Gasteiger partial charge in [-0.15, -0.1) is 0 Å². The third-order valence-corrected chi connectivity index (χ3v) is 5.38. The van der Waals surface area contributed by atoms with Crippen molar-refractivity contribution in [3.05, 3.63) is 33.7 Å². The average Bonchev–Trinajstić information content (AvgIpc) is 2.81. The number of carbonyl (C=O) groups is 2. The van der Waals surface area contributed by atoms with Crippen molar-refractivity contribution in [1.82, 2.24) is 19.7 Å². The first-order valence-corrected chi connectivity index (χ1v) is 8.76. The number of hydrogen-bond donors (Lipinski definition) is 1. The maximum absolute atomic E-state index is 12.9. The number of nitrogens with zero attached hydrogens (tertiary/aromatic N) is 3. The molecule has 0 atom stereocenters. The summed E-state index contributed by atoms with van der Waals surface area (Å²) in [6, 6.07) is 1.72. The Morgan fingerprint density at radius 2 is 2.00 bits per heavy atom. The average molecular weight is 346 g/mol. The lowest BCUT2D eigenvalue weighted by Crippen LogP contribution is -2.70. The zero-order chi connectivity index (χ0) is 18.4. The zero-order valence-electron chi connectivity index (χ0n) is 15.3. The van der Waals surface area contributed by atoms with E-state index >= 15 is 0 Å². The van der Waals surface area contributed by atoms with Crippen molar-refractivity contribution in [1.29, 1.82) is 0 Å². The second-order valence-corrected chi connectivity index (χ2v) is 7.66. The molecule has 1 aromatic heterocycles. The molecule has 2 saturated heterocycles. The minimum atomic E-state index is -0.327. The fourth-order valence-electron chi connectivity index (χ4n) is 3.48. The van der Waals surface area contributed by atoms with E-state index in [-0.39, 0.29) is 28.6 Å². The molecule has 3 rings (SSSR count). The molecule has 136 valence electrons. The minimum Gasteiger partial charge on any atom is -0.335 e. The van der Waals surface area contributed by atoms with Gasteiger partial charge in [-0.1, -0.05) is 13.8 Å². The molecule has 0 aliphatic carbocycles. The maximum atomic E-state index is 12.9. The van der Waals surface area contributed by atoms with Crippen LogP contribution >= 0.6 is 0 Å². The van der Waals surface area contributed by atoms with Gasteiger partial charge in [0.1, 0.15) is 5.56 Å². The molecule has 0 unspecified atom stereocenters. The van der Waals surface area contributed by atoms with Gasteiger partial charge in [-0.2, -0.15) is 0 Å². The zero-order valence-corrected chi connectivity index (χ0v) is 15.3. The van der Waals surface area contributed by atoms with Crippen molar-refractivity contribution >= 4 is 11.9 Å². The number of pyridine rings is 1. The highest BCUT2D eigenvalue weighted by Gasteiger charge is 2.53. The maximum Gasteiger partial charge on any atom is 0.317 e. The van der Waals surface area contributed by atoms with Gasteiger partial charge in [0.2, 0.25) is 0 Å². The van der Waals surface area contributed by atoms with Gasteiger partial charge < -0.3 is 19.7 Å². The Kier molecular flexibility index (Phi) is 4.34. The second kappa shape index (κ2) is 6.20. The van der Waals surface area contributed by atoms with Crippen molar-refractivity contribution in [3.63, 3.8) is 0 Å². The quantitative estimate of drug-likeness (QED) is 0.886. The summed E-state index contributed by atoms with van der Waals surface area (Å²) in [6.07, 6.45) is 2.66. The van der Waals surface area contributed by atoms with Gasteiger partial charge in [0.25, 0.3) is 11.5 Å². The van der Waals surface area contributed by atoms with E-state index < -0.39 is 0 Å². The predicted octanol–water partition coefficient (Wildman–Crippen LogP) is 1.05. The fraction of sp³-hybridized carbons (Fsp3) is 0.611. The van der Waals surface area contributed by atoms with Gasteiger partial charge in [0.15, 0.2) is 0 Å². The third kappa shape index (κ3) is 2.92. The monoisotopic (exact) mass is 346 g/mol. The van der Waals surface area contributed by atoms with Crippen LogP contribution in [-0.2, 0) is 6.54 Å². The summed E-state index contributed by atoms with van der Waals surface area (Å²) in [6.45, 7) is 8.09. The number of nitrogens with one attached hydrogen (secondary N) is 1. The number of likely N-dealkylation sites (N-methyl/N-ethyl adjacent to an activating group) is 1. The van der Waals surface area contributed by atoms with E-state index in [0.29, 0.717) is 37.7 Å². The van der Waals surface area contributed by atoms with Gasteiger partial charge >= 0.3 is 6.03 Å². The summed E-state index contributed by atoms with van der Waals surface area (Å²) >= 11 is 0. The fourth-order valence-corrected chi connectivity index (χ4v) is 3.48. The van der Waals surface area contributed by atoms with Crippen molar-refractivity contribution in [2.45, 2.75) is 39.3 Å². The Labute approximate surface area is 147 Å². The lowest BCUT2D eigenvalue weighted by Gasteiger charge is -2.50. The number of likely N-dealkylation sites (tertiary alicyclic amines) is 1. The predicted molar refractivity (Wildman–Crippen MR) is 94.7 cm³/mol. The molecule has 3 amide bonds. The molecular formula is C18H26N4O3. The van der Waals surface area contributed by atoms with E-state index in [2.05, 4.69) is 19.2 Å². The molecule has 2 aliphatic heterocycles. The van der Waals surface area contributed by atoms with E-state index in [1.54, 1.807) is 34.5 Å². The number of amides is 3. The normalized spacial score (nSPS) is 18.7. The van der Waals surface area contributed by atoms with Gasteiger partial charge in [0.05, 0.1) is 5.54 Å². The molecule has 2 aliphatic rings. The van der Waals surface area contributed by atoms with E-state index in [4.69, 9.17) is 0 Å². The summed E-state index contributed by atoms with van der Waals surface area (Å²) in [5.41, 5.74) is 0.402. The molecule has 7 heteroatoms. The van der Waals surface area contributed by atoms with Crippen LogP contribution in [0.2, 0.25) is 0 Å². The largest absolute Gasteiger partial charge is 0.335 e. The molecule has 2 fully saturated rings. The summed E-state index contributed by atoms with van der Waals surface area (Å²) < 4.78 is 1.63. The number of aryl methyl sites for hydroxylation is 2. The summed E-state index contributed by atoms with van der Waals surface area (Å²) in [7, 11) is 1.75. The lowest BCUT2D eigenvalue weighted by atomic mass is 9.88. The number of carbonyl (C=O) groups excluding carboxylic acids is 2. The van der Waals surface area contributed by atoms with Gasteiger partial charge in [0, 0.05) is 39.4 Å². The SMILES string of the molecule is Cc1ccn(CCC(C)C)c(=O)c1C(=O)N1CC2(CNC(=O)N2C)C1. The number of aromatic nitrogens is 1. The van der Waals surface area contributed by atoms with Crippen LogP contribution in [0.15, 0.2) is 17.1 Å². The molecule has 0 radical (unpaired) electrons. The highest BCUT2D eigenvalue weighted by molar-refractivity contribution is 5.96. The number of urea groups is 1. The van der Waals surface area contributed by atoms with E-state index in [1.165, 1.54) is 0 Å². The van der Waals surface area contributed by atoms with Crippen LogP contribution in [0.25, 0.3) is 0 Å². The van der Waals surface area contributed by atoms with Crippen LogP contribution < -0.4 is 10.9 Å². The van der Waals surface area contributed by atoms with Crippen molar-refractivity contribution in [2.75, 3.05) is 26.7 Å².